The van der Waals surface area contributed by atoms with Crippen molar-refractivity contribution in [2.75, 3.05) is 17.3 Å². The van der Waals surface area contributed by atoms with Crippen LogP contribution in [-0.4, -0.2) is 45.8 Å². The molecule has 202 valence electrons. The molecule has 0 spiro atoms. The molecule has 0 aliphatic carbocycles. The lowest BCUT2D eigenvalue weighted by Crippen LogP contribution is -2.33. The van der Waals surface area contributed by atoms with Crippen LogP contribution in [-0.2, 0) is 15.8 Å². The minimum atomic E-state index is -4.57. The molecule has 9 nitrogen and oxygen atoms in total. The Morgan fingerprint density at radius 3 is 2.56 bits per heavy atom. The molecule has 1 heterocycles. The van der Waals surface area contributed by atoms with Gasteiger partial charge in [0.15, 0.2) is 16.7 Å². The third kappa shape index (κ3) is 6.68. The molecule has 1 aliphatic rings. The highest BCUT2D eigenvalue weighted by Crippen LogP contribution is 2.35. The topological polar surface area (TPSA) is 124 Å². The van der Waals surface area contributed by atoms with Crippen LogP contribution in [0.5, 0.6) is 17.2 Å². The Hall–Kier alpha value is -4.52. The maximum Gasteiger partial charge on any atom is 0.416 e. The average molecular weight is 559 g/mol. The summed E-state index contributed by atoms with van der Waals surface area (Å²) in [7, 11) is 1.40. The van der Waals surface area contributed by atoms with Crippen LogP contribution in [0.15, 0.2) is 76.9 Å². The number of ether oxygens (including phenoxy) is 1. The Morgan fingerprint density at radius 2 is 1.87 bits per heavy atom. The van der Waals surface area contributed by atoms with E-state index in [9.17, 15) is 33.0 Å². The molecule has 1 unspecified atom stereocenters. The Kier molecular flexibility index (Phi) is 8.10. The number of phenolic OH excluding ortho intramolecular Hbond substituents is 2. The van der Waals surface area contributed by atoms with Gasteiger partial charge in [0.2, 0.25) is 11.8 Å². The lowest BCUT2D eigenvalue weighted by Gasteiger charge is -2.16. The summed E-state index contributed by atoms with van der Waals surface area (Å²) in [5, 5.41) is 29.1. The molecule has 3 aromatic carbocycles. The quantitative estimate of drug-likeness (QED) is 0.277. The molecule has 4 rings (SSSR count). The number of benzene rings is 3. The van der Waals surface area contributed by atoms with E-state index in [2.05, 4.69) is 15.5 Å². The van der Waals surface area contributed by atoms with Gasteiger partial charge in [-0.05, 0) is 66.2 Å². The van der Waals surface area contributed by atoms with Crippen LogP contribution < -0.4 is 15.0 Å². The number of thioether (sulfide) groups is 1. The number of amides is 2. The lowest BCUT2D eigenvalue weighted by molar-refractivity contribution is -0.137. The number of methoxy groups -OCH3 is 1. The fourth-order valence-electron chi connectivity index (χ4n) is 3.58. The monoisotopic (exact) mass is 558 g/mol. The van der Waals surface area contributed by atoms with Crippen molar-refractivity contribution in [3.8, 4) is 17.2 Å². The zero-order valence-electron chi connectivity index (χ0n) is 20.2. The molecule has 1 aliphatic heterocycles. The normalized spacial score (nSPS) is 16.7. The van der Waals surface area contributed by atoms with Gasteiger partial charge < -0.3 is 20.3 Å². The minimum absolute atomic E-state index is 0.0205. The van der Waals surface area contributed by atoms with E-state index < -0.39 is 28.8 Å². The highest BCUT2D eigenvalue weighted by molar-refractivity contribution is 8.16. The maximum atomic E-state index is 13.3. The highest BCUT2D eigenvalue weighted by Gasteiger charge is 2.40. The molecule has 1 atom stereocenters. The summed E-state index contributed by atoms with van der Waals surface area (Å²) < 4.78 is 44.1. The first-order valence-corrected chi connectivity index (χ1v) is 12.2. The van der Waals surface area contributed by atoms with Crippen molar-refractivity contribution in [2.45, 2.75) is 17.8 Å². The number of alkyl halides is 3. The molecule has 13 heteroatoms. The van der Waals surface area contributed by atoms with Crippen LogP contribution in [0, 0.1) is 0 Å². The van der Waals surface area contributed by atoms with Gasteiger partial charge in [0.05, 0.1) is 24.6 Å². The van der Waals surface area contributed by atoms with Crippen LogP contribution in [0.3, 0.4) is 0 Å². The summed E-state index contributed by atoms with van der Waals surface area (Å²) in [6, 6.07) is 14.5. The van der Waals surface area contributed by atoms with E-state index in [1.165, 1.54) is 66.8 Å². The molecule has 1 fully saturated rings. The molecule has 39 heavy (non-hydrogen) atoms. The van der Waals surface area contributed by atoms with Crippen LogP contribution in [0.2, 0.25) is 0 Å². The Morgan fingerprint density at radius 1 is 1.13 bits per heavy atom. The Balaban J connectivity index is 1.54. The second-order valence-corrected chi connectivity index (χ2v) is 9.36. The lowest BCUT2D eigenvalue weighted by atomic mass is 10.2. The number of carbonyl (C=O) groups excluding carboxylic acids is 2. The number of phenols is 2. The van der Waals surface area contributed by atoms with E-state index in [1.807, 2.05) is 0 Å². The summed E-state index contributed by atoms with van der Waals surface area (Å²) >= 11 is 0.962. The fourth-order valence-corrected chi connectivity index (χ4v) is 4.67. The smallest absolute Gasteiger partial charge is 0.416 e. The van der Waals surface area contributed by atoms with Gasteiger partial charge in [-0.25, -0.2) is 0 Å². The van der Waals surface area contributed by atoms with Crippen molar-refractivity contribution in [3.63, 3.8) is 0 Å². The van der Waals surface area contributed by atoms with Crippen molar-refractivity contribution in [1.29, 1.82) is 0 Å². The molecule has 3 aromatic rings. The second kappa shape index (κ2) is 11.5. The van der Waals surface area contributed by atoms with Gasteiger partial charge >= 0.3 is 6.18 Å². The zero-order chi connectivity index (χ0) is 28.2. The molecular formula is C26H21F3N4O5S. The van der Waals surface area contributed by atoms with Gasteiger partial charge in [0, 0.05) is 12.1 Å². The van der Waals surface area contributed by atoms with E-state index in [0.717, 1.165) is 23.9 Å². The number of carbonyl (C=O) groups is 2. The number of rotatable bonds is 7. The van der Waals surface area contributed by atoms with Crippen molar-refractivity contribution in [1.82, 2.24) is 0 Å². The average Bonchev–Trinajstić information content (AvgIpc) is 3.19. The third-order valence-electron chi connectivity index (χ3n) is 5.44. The van der Waals surface area contributed by atoms with Gasteiger partial charge in [0.25, 0.3) is 0 Å². The number of nitrogens with one attached hydrogen (secondary N) is 1. The largest absolute Gasteiger partial charge is 0.508 e. The highest BCUT2D eigenvalue weighted by atomic mass is 32.2. The van der Waals surface area contributed by atoms with Crippen LogP contribution in [0.4, 0.5) is 24.5 Å². The first-order chi connectivity index (χ1) is 18.5. The van der Waals surface area contributed by atoms with Gasteiger partial charge in [-0.2, -0.15) is 18.3 Å². The molecule has 0 radical (unpaired) electrons. The number of aromatic hydroxyl groups is 2. The number of hydrogen-bond acceptors (Lipinski definition) is 8. The summed E-state index contributed by atoms with van der Waals surface area (Å²) in [6.45, 7) is 0. The maximum absolute atomic E-state index is 13.3. The number of amidine groups is 1. The van der Waals surface area contributed by atoms with E-state index >= 15 is 0 Å². The van der Waals surface area contributed by atoms with Gasteiger partial charge in [0.1, 0.15) is 11.0 Å². The van der Waals surface area contributed by atoms with Crippen LogP contribution in [0.1, 0.15) is 17.5 Å². The Labute approximate surface area is 224 Å². The molecule has 3 N–H and O–H groups in total. The number of nitrogens with zero attached hydrogens (tertiary/aromatic N) is 3. The standard InChI is InChI=1S/C26H21F3N4O5S/c1-38-21-11-15(5-10-20(21)35)14-30-32-25-33(18-6-8-19(34)9-7-18)24(37)22(39-25)13-23(36)31-17-4-2-3-16(12-17)26(27,28)29/h2-12,14,22,34-35H,13H2,1H3,(H,31,36). The molecular weight excluding hydrogens is 537 g/mol. The van der Waals surface area contributed by atoms with E-state index in [1.54, 1.807) is 6.07 Å². The van der Waals surface area contributed by atoms with Gasteiger partial charge in [-0.15, -0.1) is 5.10 Å². The van der Waals surface area contributed by atoms with Crippen molar-refractivity contribution in [2.24, 2.45) is 10.2 Å². The van der Waals surface area contributed by atoms with Gasteiger partial charge in [-0.3, -0.25) is 14.5 Å². The summed E-state index contributed by atoms with van der Waals surface area (Å²) in [5.74, 6) is -0.998. The molecule has 1 saturated heterocycles. The van der Waals surface area contributed by atoms with Crippen LogP contribution in [0.25, 0.3) is 0 Å². The second-order valence-electron chi connectivity index (χ2n) is 8.19. The van der Waals surface area contributed by atoms with Crippen molar-refractivity contribution >= 4 is 46.3 Å². The summed E-state index contributed by atoms with van der Waals surface area (Å²) in [4.78, 5) is 27.1. The summed E-state index contributed by atoms with van der Waals surface area (Å²) in [5.41, 5.74) is -0.0463. The minimum Gasteiger partial charge on any atom is -0.508 e. The number of halogens is 3. The number of anilines is 2. The summed E-state index contributed by atoms with van der Waals surface area (Å²) in [6.07, 6.45) is -3.53. The van der Waals surface area contributed by atoms with E-state index in [4.69, 9.17) is 4.74 Å². The van der Waals surface area contributed by atoms with Gasteiger partial charge in [-0.1, -0.05) is 17.8 Å². The van der Waals surface area contributed by atoms with E-state index in [-0.39, 0.29) is 34.5 Å². The third-order valence-corrected chi connectivity index (χ3v) is 6.57. The fraction of sp³-hybridized carbons (Fsp3) is 0.154. The van der Waals surface area contributed by atoms with Crippen molar-refractivity contribution < 1.29 is 37.7 Å². The number of hydrogen-bond donors (Lipinski definition) is 3. The SMILES string of the molecule is COc1cc(C=NN=C2SC(CC(=O)Nc3cccc(C(F)(F)F)c3)C(=O)N2c2ccc(O)cc2)ccc1O. The van der Waals surface area contributed by atoms with Crippen LogP contribution >= 0.6 is 11.8 Å². The molecule has 0 bridgehead atoms. The van der Waals surface area contributed by atoms with E-state index in [0.29, 0.717) is 11.3 Å². The predicted octanol–water partition coefficient (Wildman–Crippen LogP) is 4.99. The molecule has 2 amide bonds. The molecule has 0 aromatic heterocycles. The first-order valence-electron chi connectivity index (χ1n) is 11.3. The Bertz CT molecular complexity index is 1440. The predicted molar refractivity (Wildman–Crippen MR) is 141 cm³/mol. The zero-order valence-corrected chi connectivity index (χ0v) is 21.0. The first kappa shape index (κ1) is 27.5. The van der Waals surface area contributed by atoms with Crippen molar-refractivity contribution in [3.05, 3.63) is 77.9 Å². The molecule has 0 saturated carbocycles.